The van der Waals surface area contributed by atoms with Crippen LogP contribution in [0, 0.1) is 13.0 Å². The van der Waals surface area contributed by atoms with Gasteiger partial charge in [-0.25, -0.2) is 4.68 Å². The van der Waals surface area contributed by atoms with E-state index in [0.29, 0.717) is 11.5 Å². The van der Waals surface area contributed by atoms with Crippen LogP contribution in [0.15, 0.2) is 24.4 Å². The first-order chi connectivity index (χ1) is 9.66. The predicted octanol–water partition coefficient (Wildman–Crippen LogP) is 1.12. The summed E-state index contributed by atoms with van der Waals surface area (Å²) in [5.41, 5.74) is 2.11. The van der Waals surface area contributed by atoms with Gasteiger partial charge in [-0.1, -0.05) is 23.7 Å². The number of fused-ring (bicyclic) bond motifs is 1. The molecule has 0 radical (unpaired) electrons. The molecule has 0 aliphatic rings. The minimum atomic E-state index is -0.276. The molecule has 1 amide bonds. The minimum absolute atomic E-state index is 0. The number of amides is 1. The van der Waals surface area contributed by atoms with Gasteiger partial charge >= 0.3 is 0 Å². The van der Waals surface area contributed by atoms with Crippen LogP contribution in [0.25, 0.3) is 10.9 Å². The van der Waals surface area contributed by atoms with Crippen molar-refractivity contribution in [3.05, 3.63) is 41.6 Å². The van der Waals surface area contributed by atoms with E-state index in [2.05, 4.69) is 31.9 Å². The number of anilines is 1. The zero-order valence-electron chi connectivity index (χ0n) is 11.4. The summed E-state index contributed by atoms with van der Waals surface area (Å²) in [6, 6.07) is 8.38. The maximum atomic E-state index is 12.3. The number of carbonyl (C=O) groups excluding carboxylic acids is 1. The van der Waals surface area contributed by atoms with Gasteiger partial charge in [-0.2, -0.15) is 12.1 Å². The average Bonchev–Trinajstić information content (AvgIpc) is 2.85. The maximum absolute atomic E-state index is 12.3. The number of benzene rings is 1. The van der Waals surface area contributed by atoms with Gasteiger partial charge in [-0.15, -0.1) is 17.0 Å². The fourth-order valence-electron chi connectivity index (χ4n) is 1.96. The van der Waals surface area contributed by atoms with Gasteiger partial charge in [0.1, 0.15) is 0 Å². The molecule has 3 rings (SSSR count). The van der Waals surface area contributed by atoms with Gasteiger partial charge in [-0.3, -0.25) is 15.1 Å². The van der Waals surface area contributed by atoms with Crippen molar-refractivity contribution < 1.29 is 25.9 Å². The summed E-state index contributed by atoms with van der Waals surface area (Å²) < 4.78 is 1.39. The molecule has 0 aliphatic carbocycles. The topological polar surface area (TPSA) is 85.6 Å². The number of hydrogen-bond donors (Lipinski definition) is 1. The van der Waals surface area contributed by atoms with E-state index in [-0.39, 0.29) is 27.0 Å². The summed E-state index contributed by atoms with van der Waals surface area (Å²) >= 11 is 0. The molecular weight excluding hydrogens is 440 g/mol. The largest absolute Gasteiger partial charge is 0.300 e. The van der Waals surface area contributed by atoms with Gasteiger partial charge in [0, 0.05) is 34.3 Å². The van der Waals surface area contributed by atoms with E-state index in [1.165, 1.54) is 4.68 Å². The van der Waals surface area contributed by atoms with Crippen molar-refractivity contribution in [1.29, 1.82) is 0 Å². The summed E-state index contributed by atoms with van der Waals surface area (Å²) in [5, 5.41) is 14.4. The quantitative estimate of drug-likeness (QED) is 0.591. The van der Waals surface area contributed by atoms with Crippen LogP contribution >= 0.6 is 0 Å². The van der Waals surface area contributed by atoms with Crippen molar-refractivity contribution in [2.45, 2.75) is 6.92 Å². The molecular formula is C13H11N6OW-. The molecule has 106 valence electrons. The van der Waals surface area contributed by atoms with Crippen molar-refractivity contribution in [3.63, 3.8) is 0 Å². The normalized spacial score (nSPS) is 10.2. The van der Waals surface area contributed by atoms with Gasteiger partial charge in [0.2, 0.25) is 11.9 Å². The van der Waals surface area contributed by atoms with E-state index in [0.717, 1.165) is 16.5 Å². The molecule has 0 saturated carbocycles. The third-order valence-electron chi connectivity index (χ3n) is 3.06. The molecule has 7 nitrogen and oxygen atoms in total. The van der Waals surface area contributed by atoms with E-state index in [1.54, 1.807) is 19.3 Å². The van der Waals surface area contributed by atoms with Crippen LogP contribution in [0.5, 0.6) is 0 Å². The van der Waals surface area contributed by atoms with Gasteiger partial charge in [-0.05, 0) is 15.9 Å². The fourth-order valence-corrected chi connectivity index (χ4v) is 1.96. The van der Waals surface area contributed by atoms with E-state index in [4.69, 9.17) is 0 Å². The fraction of sp³-hybridized carbons (Fsp3) is 0.154. The third kappa shape index (κ3) is 2.83. The second kappa shape index (κ2) is 6.09. The Labute approximate surface area is 135 Å². The monoisotopic (exact) mass is 451 g/mol. The SMILES string of the molecule is Cc1c(C(=O)Nc2nnnn2C)c[c-]c2ncccc12.[W]. The van der Waals surface area contributed by atoms with Crippen LogP contribution in [-0.2, 0) is 28.1 Å². The molecule has 0 spiro atoms. The molecule has 0 atom stereocenters. The number of aromatic nitrogens is 5. The van der Waals surface area contributed by atoms with Crippen LogP contribution in [0.1, 0.15) is 15.9 Å². The summed E-state index contributed by atoms with van der Waals surface area (Å²) in [6.45, 7) is 1.88. The molecule has 0 bridgehead atoms. The standard InChI is InChI=1S/C13H11N6O.W/c1-8-9-4-3-7-14-11(9)6-5-10(8)12(20)15-13-16-17-18-19(13)2;/h3-5,7H,1-2H3,(H,15,16,18,20);/q-1;. The van der Waals surface area contributed by atoms with Crippen molar-refractivity contribution in [1.82, 2.24) is 25.2 Å². The average molecular weight is 451 g/mol. The number of rotatable bonds is 2. The number of tetrazole rings is 1. The van der Waals surface area contributed by atoms with Crippen molar-refractivity contribution in [2.24, 2.45) is 7.05 Å². The Morgan fingerprint density at radius 2 is 2.24 bits per heavy atom. The molecule has 0 saturated heterocycles. The Morgan fingerprint density at radius 1 is 1.43 bits per heavy atom. The summed E-state index contributed by atoms with van der Waals surface area (Å²) in [4.78, 5) is 16.5. The first kappa shape index (κ1) is 15.3. The van der Waals surface area contributed by atoms with Crippen LogP contribution in [0.2, 0.25) is 0 Å². The minimum Gasteiger partial charge on any atom is -0.300 e. The molecule has 1 aromatic carbocycles. The summed E-state index contributed by atoms with van der Waals surface area (Å²) in [5.74, 6) is 0.0167. The Hall–Kier alpha value is -2.14. The van der Waals surface area contributed by atoms with Crippen LogP contribution < -0.4 is 5.32 Å². The number of nitrogens with one attached hydrogen (secondary N) is 1. The predicted molar refractivity (Wildman–Crippen MR) is 72.1 cm³/mol. The Bertz CT molecular complexity index is 800. The number of carbonyl (C=O) groups is 1. The van der Waals surface area contributed by atoms with Crippen LogP contribution in [0.4, 0.5) is 5.95 Å². The number of hydrogen-bond acceptors (Lipinski definition) is 5. The zero-order chi connectivity index (χ0) is 14.1. The van der Waals surface area contributed by atoms with Crippen molar-refractivity contribution in [2.75, 3.05) is 5.32 Å². The summed E-state index contributed by atoms with van der Waals surface area (Å²) in [7, 11) is 1.65. The van der Waals surface area contributed by atoms with Gasteiger partial charge in [0.05, 0.1) is 0 Å². The Balaban J connectivity index is 0.00000161. The van der Waals surface area contributed by atoms with E-state index in [1.807, 2.05) is 19.1 Å². The van der Waals surface area contributed by atoms with Gasteiger partial charge in [0.25, 0.3) is 0 Å². The van der Waals surface area contributed by atoms with Crippen LogP contribution in [-0.4, -0.2) is 31.1 Å². The van der Waals surface area contributed by atoms with Crippen LogP contribution in [0.3, 0.4) is 0 Å². The Morgan fingerprint density at radius 3 is 2.95 bits per heavy atom. The Kier molecular flexibility index (Phi) is 4.43. The first-order valence-electron chi connectivity index (χ1n) is 5.96. The smallest absolute Gasteiger partial charge is 0.248 e. The van der Waals surface area contributed by atoms with Gasteiger partial charge in [0.15, 0.2) is 0 Å². The molecule has 2 aromatic heterocycles. The van der Waals surface area contributed by atoms with Crippen molar-refractivity contribution >= 4 is 22.8 Å². The molecule has 0 aliphatic heterocycles. The van der Waals surface area contributed by atoms with Gasteiger partial charge < -0.3 is 0 Å². The molecule has 2 heterocycles. The van der Waals surface area contributed by atoms with E-state index >= 15 is 0 Å². The molecule has 1 N–H and O–H groups in total. The second-order valence-corrected chi connectivity index (χ2v) is 4.31. The second-order valence-electron chi connectivity index (χ2n) is 4.31. The molecule has 0 unspecified atom stereocenters. The number of aryl methyl sites for hydroxylation is 2. The molecule has 0 fully saturated rings. The first-order valence-corrected chi connectivity index (χ1v) is 5.96. The van der Waals surface area contributed by atoms with E-state index in [9.17, 15) is 4.79 Å². The van der Waals surface area contributed by atoms with Crippen molar-refractivity contribution in [3.8, 4) is 0 Å². The zero-order valence-corrected chi connectivity index (χ0v) is 14.3. The summed E-state index contributed by atoms with van der Waals surface area (Å²) in [6.07, 6.45) is 1.70. The van der Waals surface area contributed by atoms with E-state index < -0.39 is 0 Å². The third-order valence-corrected chi connectivity index (χ3v) is 3.06. The molecule has 8 heteroatoms. The molecule has 21 heavy (non-hydrogen) atoms. The maximum Gasteiger partial charge on any atom is 0.248 e. The molecule has 3 aromatic rings. The number of pyridine rings is 1. The number of nitrogens with zero attached hydrogens (tertiary/aromatic N) is 5.